The Morgan fingerprint density at radius 2 is 2.00 bits per heavy atom. The minimum absolute atomic E-state index is 0.0557. The maximum Gasteiger partial charge on any atom is 0.310 e. The lowest BCUT2D eigenvalue weighted by molar-refractivity contribution is -0.151. The summed E-state index contributed by atoms with van der Waals surface area (Å²) in [5.74, 6) is -0.378. The van der Waals surface area contributed by atoms with E-state index in [-0.39, 0.29) is 29.1 Å². The van der Waals surface area contributed by atoms with Crippen LogP contribution in [0.5, 0.6) is 0 Å². The first-order valence-electron chi connectivity index (χ1n) is 11.0. The van der Waals surface area contributed by atoms with Crippen molar-refractivity contribution in [3.63, 3.8) is 0 Å². The van der Waals surface area contributed by atoms with E-state index in [9.17, 15) is 14.4 Å². The molecule has 3 rings (SSSR count). The molecule has 1 aromatic carbocycles. The molecule has 2 aromatic rings. The zero-order chi connectivity index (χ0) is 23.3. The van der Waals surface area contributed by atoms with Gasteiger partial charge in [-0.2, -0.15) is 0 Å². The van der Waals surface area contributed by atoms with Crippen molar-refractivity contribution in [2.24, 2.45) is 13.0 Å². The van der Waals surface area contributed by atoms with Gasteiger partial charge in [-0.1, -0.05) is 36.0 Å². The smallest absolute Gasteiger partial charge is 0.310 e. The van der Waals surface area contributed by atoms with Gasteiger partial charge in [0.1, 0.15) is 0 Å². The molecule has 1 saturated heterocycles. The van der Waals surface area contributed by atoms with Crippen molar-refractivity contribution in [3.8, 4) is 0 Å². The van der Waals surface area contributed by atoms with E-state index in [1.807, 2.05) is 38.1 Å². The minimum atomic E-state index is -0.261. The van der Waals surface area contributed by atoms with Crippen LogP contribution in [0.4, 0.5) is 0 Å². The standard InChI is InChI=1S/C24H31N3O4S/c1-5-31-23(30)19-11-8-12-27(14-19)21(28)15-32-24-25-17(3)20(22(29)26(24)4)13-18-10-7-6-9-16(18)2/h6-7,9-10,19H,5,8,11-15H2,1-4H3. The number of amides is 1. The van der Waals surface area contributed by atoms with Crippen LogP contribution >= 0.6 is 11.8 Å². The van der Waals surface area contributed by atoms with Crippen molar-refractivity contribution in [2.75, 3.05) is 25.4 Å². The molecule has 1 unspecified atom stereocenters. The maximum absolute atomic E-state index is 13.0. The van der Waals surface area contributed by atoms with Crippen LogP contribution in [0, 0.1) is 19.8 Å². The molecule has 0 bridgehead atoms. The van der Waals surface area contributed by atoms with Gasteiger partial charge in [-0.3, -0.25) is 19.0 Å². The van der Waals surface area contributed by atoms with Crippen LogP contribution in [0.25, 0.3) is 0 Å². The SMILES string of the molecule is CCOC(=O)C1CCCN(C(=O)CSc2nc(C)c(Cc3ccccc3C)c(=O)n2C)C1. The Balaban J connectivity index is 1.68. The number of benzene rings is 1. The first-order chi connectivity index (χ1) is 15.3. The molecular formula is C24H31N3O4S. The Hall–Kier alpha value is -2.61. The van der Waals surface area contributed by atoms with Gasteiger partial charge in [-0.25, -0.2) is 4.98 Å². The van der Waals surface area contributed by atoms with E-state index < -0.39 is 0 Å². The van der Waals surface area contributed by atoms with E-state index in [4.69, 9.17) is 4.74 Å². The Kier molecular flexibility index (Phi) is 8.12. The Morgan fingerprint density at radius 3 is 2.72 bits per heavy atom. The summed E-state index contributed by atoms with van der Waals surface area (Å²) in [4.78, 5) is 44.2. The van der Waals surface area contributed by atoms with Crippen LogP contribution in [0.15, 0.2) is 34.2 Å². The molecule has 1 fully saturated rings. The number of carbonyl (C=O) groups is 2. The molecule has 32 heavy (non-hydrogen) atoms. The third-order valence-corrected chi connectivity index (χ3v) is 6.91. The summed E-state index contributed by atoms with van der Waals surface area (Å²) >= 11 is 1.26. The molecule has 2 heterocycles. The summed E-state index contributed by atoms with van der Waals surface area (Å²) in [7, 11) is 1.70. The number of rotatable bonds is 7. The van der Waals surface area contributed by atoms with Crippen LogP contribution in [0.2, 0.25) is 0 Å². The number of hydrogen-bond acceptors (Lipinski definition) is 6. The number of hydrogen-bond donors (Lipinski definition) is 0. The third kappa shape index (κ3) is 5.59. The Morgan fingerprint density at radius 1 is 1.25 bits per heavy atom. The molecule has 7 nitrogen and oxygen atoms in total. The molecule has 0 radical (unpaired) electrons. The van der Waals surface area contributed by atoms with Gasteiger partial charge in [0.05, 0.1) is 18.3 Å². The van der Waals surface area contributed by atoms with Crippen molar-refractivity contribution in [1.82, 2.24) is 14.5 Å². The number of aryl methyl sites for hydroxylation is 2. The lowest BCUT2D eigenvalue weighted by Gasteiger charge is -2.31. The van der Waals surface area contributed by atoms with E-state index in [1.54, 1.807) is 18.9 Å². The van der Waals surface area contributed by atoms with Gasteiger partial charge in [0.15, 0.2) is 5.16 Å². The average molecular weight is 458 g/mol. The second-order valence-electron chi connectivity index (χ2n) is 8.15. The molecule has 1 aliphatic rings. The van der Waals surface area contributed by atoms with Crippen LogP contribution in [-0.4, -0.2) is 51.8 Å². The van der Waals surface area contributed by atoms with Gasteiger partial charge in [-0.05, 0) is 44.7 Å². The van der Waals surface area contributed by atoms with Gasteiger partial charge in [-0.15, -0.1) is 0 Å². The fraction of sp³-hybridized carbons (Fsp3) is 0.500. The van der Waals surface area contributed by atoms with Crippen LogP contribution in [0.3, 0.4) is 0 Å². The van der Waals surface area contributed by atoms with Gasteiger partial charge in [0.25, 0.3) is 5.56 Å². The highest BCUT2D eigenvalue weighted by atomic mass is 32.2. The van der Waals surface area contributed by atoms with Crippen molar-refractivity contribution in [3.05, 3.63) is 57.0 Å². The lowest BCUT2D eigenvalue weighted by Crippen LogP contribution is -2.43. The van der Waals surface area contributed by atoms with Crippen molar-refractivity contribution in [2.45, 2.75) is 45.2 Å². The van der Waals surface area contributed by atoms with E-state index in [2.05, 4.69) is 4.98 Å². The van der Waals surface area contributed by atoms with E-state index in [0.717, 1.165) is 24.0 Å². The number of carbonyl (C=O) groups excluding carboxylic acids is 2. The summed E-state index contributed by atoms with van der Waals surface area (Å²) in [6, 6.07) is 8.01. The summed E-state index contributed by atoms with van der Waals surface area (Å²) in [6.07, 6.45) is 2.06. The quantitative estimate of drug-likeness (QED) is 0.361. The predicted octanol–water partition coefficient (Wildman–Crippen LogP) is 2.88. The number of nitrogens with zero attached hydrogens (tertiary/aromatic N) is 3. The van der Waals surface area contributed by atoms with Crippen molar-refractivity contribution < 1.29 is 14.3 Å². The second-order valence-corrected chi connectivity index (χ2v) is 9.09. The number of thioether (sulfide) groups is 1. The molecule has 0 saturated carbocycles. The zero-order valence-electron chi connectivity index (χ0n) is 19.2. The number of piperidine rings is 1. The zero-order valence-corrected chi connectivity index (χ0v) is 20.0. The molecule has 172 valence electrons. The van der Waals surface area contributed by atoms with Crippen LogP contribution in [-0.2, 0) is 27.8 Å². The Labute approximate surface area is 193 Å². The summed E-state index contributed by atoms with van der Waals surface area (Å²) in [5, 5.41) is 0.522. The highest BCUT2D eigenvalue weighted by Crippen LogP contribution is 2.22. The lowest BCUT2D eigenvalue weighted by atomic mass is 9.98. The normalized spacial score (nSPS) is 16.1. The summed E-state index contributed by atoms with van der Waals surface area (Å²) in [5.41, 5.74) is 3.51. The largest absolute Gasteiger partial charge is 0.466 e. The highest BCUT2D eigenvalue weighted by Gasteiger charge is 2.29. The van der Waals surface area contributed by atoms with E-state index >= 15 is 0 Å². The van der Waals surface area contributed by atoms with E-state index in [1.165, 1.54) is 16.3 Å². The first kappa shape index (κ1) is 24.0. The number of likely N-dealkylation sites (tertiary alicyclic amines) is 1. The fourth-order valence-electron chi connectivity index (χ4n) is 3.94. The molecule has 1 atom stereocenters. The van der Waals surface area contributed by atoms with E-state index in [0.29, 0.717) is 42.5 Å². The predicted molar refractivity (Wildman–Crippen MR) is 125 cm³/mol. The van der Waals surface area contributed by atoms with Crippen molar-refractivity contribution >= 4 is 23.6 Å². The molecule has 8 heteroatoms. The van der Waals surface area contributed by atoms with Gasteiger partial charge < -0.3 is 9.64 Å². The van der Waals surface area contributed by atoms with Gasteiger partial charge in [0.2, 0.25) is 5.91 Å². The number of ether oxygens (including phenoxy) is 1. The maximum atomic E-state index is 13.0. The third-order valence-electron chi connectivity index (χ3n) is 5.90. The molecule has 1 amide bonds. The van der Waals surface area contributed by atoms with Gasteiger partial charge in [0, 0.05) is 37.8 Å². The minimum Gasteiger partial charge on any atom is -0.466 e. The molecule has 1 aliphatic heterocycles. The number of aromatic nitrogens is 2. The topological polar surface area (TPSA) is 81.5 Å². The number of esters is 1. The fourth-order valence-corrected chi connectivity index (χ4v) is 4.85. The molecule has 0 spiro atoms. The summed E-state index contributed by atoms with van der Waals surface area (Å²) in [6.45, 7) is 7.03. The van der Waals surface area contributed by atoms with Gasteiger partial charge >= 0.3 is 5.97 Å². The highest BCUT2D eigenvalue weighted by molar-refractivity contribution is 7.99. The molecule has 0 N–H and O–H groups in total. The van der Waals surface area contributed by atoms with Crippen LogP contribution in [0.1, 0.15) is 42.1 Å². The molecule has 1 aromatic heterocycles. The average Bonchev–Trinajstić information content (AvgIpc) is 2.79. The summed E-state index contributed by atoms with van der Waals surface area (Å²) < 4.78 is 6.64. The molecular weight excluding hydrogens is 426 g/mol. The molecule has 0 aliphatic carbocycles. The Bertz CT molecular complexity index is 1050. The first-order valence-corrected chi connectivity index (χ1v) is 12.0. The second kappa shape index (κ2) is 10.8. The van der Waals surface area contributed by atoms with Crippen molar-refractivity contribution in [1.29, 1.82) is 0 Å². The van der Waals surface area contributed by atoms with Crippen LogP contribution < -0.4 is 5.56 Å². The monoisotopic (exact) mass is 457 g/mol.